The quantitative estimate of drug-likeness (QED) is 0.540. The van der Waals surface area contributed by atoms with E-state index >= 15 is 0 Å². The number of ketones is 1. The third-order valence-corrected chi connectivity index (χ3v) is 4.75. The molecule has 0 spiro atoms. The molecule has 0 aliphatic rings. The molecule has 2 N–H and O–H groups in total. The van der Waals surface area contributed by atoms with Crippen molar-refractivity contribution in [3.8, 4) is 0 Å². The van der Waals surface area contributed by atoms with Gasteiger partial charge in [0.25, 0.3) is 5.91 Å². The standard InChI is InChI=1S/C23H19BrN2O3/c1-15(27)26-19-6-4-5-16(13-19)14-25-23(29)21-8-3-2-7-20(21)22(28)17-9-11-18(24)12-10-17/h2-13H,14H2,1H3,(H,25,29)(H,26,27). The van der Waals surface area contributed by atoms with Gasteiger partial charge in [0, 0.05) is 34.8 Å². The molecule has 3 aromatic carbocycles. The first kappa shape index (κ1) is 20.5. The van der Waals surface area contributed by atoms with Gasteiger partial charge in [0.15, 0.2) is 5.78 Å². The number of hydrogen-bond donors (Lipinski definition) is 2. The summed E-state index contributed by atoms with van der Waals surface area (Å²) in [5, 5.41) is 5.55. The Morgan fingerprint density at radius 3 is 2.24 bits per heavy atom. The molecule has 3 aromatic rings. The maximum Gasteiger partial charge on any atom is 0.252 e. The van der Waals surface area contributed by atoms with Gasteiger partial charge in [-0.15, -0.1) is 0 Å². The highest BCUT2D eigenvalue weighted by atomic mass is 79.9. The van der Waals surface area contributed by atoms with Gasteiger partial charge in [-0.3, -0.25) is 14.4 Å². The second kappa shape index (κ2) is 9.30. The van der Waals surface area contributed by atoms with Crippen molar-refractivity contribution in [2.45, 2.75) is 13.5 Å². The van der Waals surface area contributed by atoms with E-state index in [-0.39, 0.29) is 24.1 Å². The van der Waals surface area contributed by atoms with Gasteiger partial charge in [0.1, 0.15) is 0 Å². The second-order valence-corrected chi connectivity index (χ2v) is 7.36. The Morgan fingerprint density at radius 1 is 0.862 bits per heavy atom. The van der Waals surface area contributed by atoms with E-state index in [1.807, 2.05) is 6.07 Å². The average Bonchev–Trinajstić information content (AvgIpc) is 2.72. The predicted molar refractivity (Wildman–Crippen MR) is 116 cm³/mol. The minimum Gasteiger partial charge on any atom is -0.348 e. The van der Waals surface area contributed by atoms with Gasteiger partial charge in [-0.2, -0.15) is 0 Å². The predicted octanol–water partition coefficient (Wildman–Crippen LogP) is 4.57. The molecular formula is C23H19BrN2O3. The summed E-state index contributed by atoms with van der Waals surface area (Å²) in [6, 6.07) is 21.0. The largest absolute Gasteiger partial charge is 0.348 e. The highest BCUT2D eigenvalue weighted by Gasteiger charge is 2.18. The molecule has 6 heteroatoms. The van der Waals surface area contributed by atoms with E-state index in [0.29, 0.717) is 22.4 Å². The van der Waals surface area contributed by atoms with Crippen LogP contribution in [-0.2, 0) is 11.3 Å². The van der Waals surface area contributed by atoms with Crippen molar-refractivity contribution < 1.29 is 14.4 Å². The highest BCUT2D eigenvalue weighted by molar-refractivity contribution is 9.10. The van der Waals surface area contributed by atoms with Crippen molar-refractivity contribution in [1.82, 2.24) is 5.32 Å². The lowest BCUT2D eigenvalue weighted by Crippen LogP contribution is -2.25. The summed E-state index contributed by atoms with van der Waals surface area (Å²) in [7, 11) is 0. The summed E-state index contributed by atoms with van der Waals surface area (Å²) < 4.78 is 0.876. The first-order valence-electron chi connectivity index (χ1n) is 8.98. The van der Waals surface area contributed by atoms with E-state index in [9.17, 15) is 14.4 Å². The monoisotopic (exact) mass is 450 g/mol. The number of benzene rings is 3. The van der Waals surface area contributed by atoms with E-state index in [0.717, 1.165) is 10.0 Å². The molecule has 146 valence electrons. The van der Waals surface area contributed by atoms with Crippen LogP contribution in [0.25, 0.3) is 0 Å². The Morgan fingerprint density at radius 2 is 1.55 bits per heavy atom. The molecule has 0 atom stereocenters. The van der Waals surface area contributed by atoms with Crippen molar-refractivity contribution in [1.29, 1.82) is 0 Å². The van der Waals surface area contributed by atoms with Crippen molar-refractivity contribution in [2.75, 3.05) is 5.32 Å². The van der Waals surface area contributed by atoms with Crippen molar-refractivity contribution in [2.24, 2.45) is 0 Å². The van der Waals surface area contributed by atoms with Gasteiger partial charge >= 0.3 is 0 Å². The molecule has 0 radical (unpaired) electrons. The number of halogens is 1. The molecule has 0 bridgehead atoms. The maximum atomic E-state index is 12.9. The van der Waals surface area contributed by atoms with E-state index in [1.54, 1.807) is 66.7 Å². The maximum absolute atomic E-state index is 12.9. The van der Waals surface area contributed by atoms with Crippen LogP contribution in [0.2, 0.25) is 0 Å². The molecule has 0 aromatic heterocycles. The first-order chi connectivity index (χ1) is 13.9. The zero-order valence-corrected chi connectivity index (χ0v) is 17.3. The summed E-state index contributed by atoms with van der Waals surface area (Å²) in [5.74, 6) is -0.710. The number of nitrogens with one attached hydrogen (secondary N) is 2. The summed E-state index contributed by atoms with van der Waals surface area (Å²) >= 11 is 3.35. The van der Waals surface area contributed by atoms with Gasteiger partial charge in [0.2, 0.25) is 5.91 Å². The zero-order chi connectivity index (χ0) is 20.8. The van der Waals surface area contributed by atoms with Crippen LogP contribution >= 0.6 is 15.9 Å². The molecule has 29 heavy (non-hydrogen) atoms. The summed E-state index contributed by atoms with van der Waals surface area (Å²) in [4.78, 5) is 36.8. The fourth-order valence-electron chi connectivity index (χ4n) is 2.88. The van der Waals surface area contributed by atoms with Crippen LogP contribution in [0.1, 0.15) is 38.8 Å². The summed E-state index contributed by atoms with van der Waals surface area (Å²) in [6.45, 7) is 1.71. The van der Waals surface area contributed by atoms with Crippen LogP contribution in [0, 0.1) is 0 Å². The number of amides is 2. The van der Waals surface area contributed by atoms with Crippen LogP contribution in [0.15, 0.2) is 77.3 Å². The minimum absolute atomic E-state index is 0.161. The normalized spacial score (nSPS) is 10.3. The van der Waals surface area contributed by atoms with Gasteiger partial charge in [-0.05, 0) is 48.0 Å². The molecule has 3 rings (SSSR count). The van der Waals surface area contributed by atoms with Gasteiger partial charge in [-0.25, -0.2) is 0 Å². The first-order valence-corrected chi connectivity index (χ1v) is 9.77. The van der Waals surface area contributed by atoms with E-state index in [1.165, 1.54) is 6.92 Å². The fraction of sp³-hybridized carbons (Fsp3) is 0.0870. The molecule has 2 amide bonds. The van der Waals surface area contributed by atoms with Crippen LogP contribution in [0.3, 0.4) is 0 Å². The van der Waals surface area contributed by atoms with Gasteiger partial charge in [0.05, 0.1) is 5.56 Å². The SMILES string of the molecule is CC(=O)Nc1cccc(CNC(=O)c2ccccc2C(=O)c2ccc(Br)cc2)c1. The van der Waals surface area contributed by atoms with E-state index in [2.05, 4.69) is 26.6 Å². The van der Waals surface area contributed by atoms with Gasteiger partial charge in [-0.1, -0.05) is 46.3 Å². The Balaban J connectivity index is 1.76. The molecular weight excluding hydrogens is 432 g/mol. The highest BCUT2D eigenvalue weighted by Crippen LogP contribution is 2.18. The smallest absolute Gasteiger partial charge is 0.252 e. The van der Waals surface area contributed by atoms with Crippen LogP contribution < -0.4 is 10.6 Å². The Kier molecular flexibility index (Phi) is 6.57. The van der Waals surface area contributed by atoms with Crippen molar-refractivity contribution >= 4 is 39.2 Å². The lowest BCUT2D eigenvalue weighted by Gasteiger charge is -2.11. The summed E-state index contributed by atoms with van der Waals surface area (Å²) in [6.07, 6.45) is 0. The number of rotatable bonds is 6. The molecule has 0 unspecified atom stereocenters. The fourth-order valence-corrected chi connectivity index (χ4v) is 3.14. The zero-order valence-electron chi connectivity index (χ0n) is 15.7. The molecule has 0 aliphatic carbocycles. The molecule has 0 saturated carbocycles. The van der Waals surface area contributed by atoms with E-state index < -0.39 is 0 Å². The average molecular weight is 451 g/mol. The Hall–Kier alpha value is -3.25. The Labute approximate surface area is 177 Å². The lowest BCUT2D eigenvalue weighted by molar-refractivity contribution is -0.114. The third-order valence-electron chi connectivity index (χ3n) is 4.22. The molecule has 0 saturated heterocycles. The molecule has 5 nitrogen and oxygen atoms in total. The number of carbonyl (C=O) groups is 3. The van der Waals surface area contributed by atoms with Crippen molar-refractivity contribution in [3.63, 3.8) is 0 Å². The van der Waals surface area contributed by atoms with Crippen LogP contribution in [0.5, 0.6) is 0 Å². The number of hydrogen-bond acceptors (Lipinski definition) is 3. The molecule has 0 fully saturated rings. The number of anilines is 1. The molecule has 0 heterocycles. The minimum atomic E-state index is -0.337. The number of carbonyl (C=O) groups excluding carboxylic acids is 3. The van der Waals surface area contributed by atoms with Crippen LogP contribution in [0.4, 0.5) is 5.69 Å². The molecule has 0 aliphatic heterocycles. The third kappa shape index (κ3) is 5.39. The van der Waals surface area contributed by atoms with E-state index in [4.69, 9.17) is 0 Å². The topological polar surface area (TPSA) is 75.3 Å². The lowest BCUT2D eigenvalue weighted by atomic mass is 9.98. The Bertz CT molecular complexity index is 1060. The second-order valence-electron chi connectivity index (χ2n) is 6.45. The van der Waals surface area contributed by atoms with Crippen molar-refractivity contribution in [3.05, 3.63) is 99.5 Å². The summed E-state index contributed by atoms with van der Waals surface area (Å²) in [5.41, 5.74) is 2.67. The van der Waals surface area contributed by atoms with Crippen LogP contribution in [-0.4, -0.2) is 17.6 Å². The van der Waals surface area contributed by atoms with Gasteiger partial charge < -0.3 is 10.6 Å².